The first kappa shape index (κ1) is 13.8. The summed E-state index contributed by atoms with van der Waals surface area (Å²) >= 11 is 5.78. The average Bonchev–Trinajstić information content (AvgIpc) is 2.26. The Bertz CT molecular complexity index is 395. The molecular weight excluding hydrogens is 238 g/mol. The lowest BCUT2D eigenvalue weighted by molar-refractivity contribution is 0.0696. The molecule has 0 radical (unpaired) electrons. The quantitative estimate of drug-likeness (QED) is 0.822. The Kier molecular flexibility index (Phi) is 4.82. The number of hydrogen-bond donors (Lipinski definition) is 1. The van der Waals surface area contributed by atoms with E-state index < -0.39 is 5.97 Å². The molecule has 4 heteroatoms. The number of carboxylic acid groups (broad SMARTS) is 1. The van der Waals surface area contributed by atoms with Gasteiger partial charge in [0.25, 0.3) is 0 Å². The molecule has 0 atom stereocenters. The van der Waals surface area contributed by atoms with Gasteiger partial charge in [-0.3, -0.25) is 0 Å². The third kappa shape index (κ3) is 3.13. The fourth-order valence-corrected chi connectivity index (χ4v) is 2.31. The molecule has 0 bridgehead atoms. The van der Waals surface area contributed by atoms with Gasteiger partial charge in [-0.1, -0.05) is 0 Å². The Balaban J connectivity index is 3.20. The zero-order valence-electron chi connectivity index (χ0n) is 10.5. The van der Waals surface area contributed by atoms with Crippen molar-refractivity contribution in [1.29, 1.82) is 0 Å². The van der Waals surface area contributed by atoms with Gasteiger partial charge in [0, 0.05) is 24.7 Å². The largest absolute Gasteiger partial charge is 0.478 e. The number of carboxylic acids is 1. The molecule has 0 heterocycles. The first-order chi connectivity index (χ1) is 8.01. The summed E-state index contributed by atoms with van der Waals surface area (Å²) in [7, 11) is 0. The van der Waals surface area contributed by atoms with Gasteiger partial charge in [0.15, 0.2) is 0 Å². The van der Waals surface area contributed by atoms with Crippen molar-refractivity contribution >= 4 is 23.3 Å². The Morgan fingerprint density at radius 1 is 1.35 bits per heavy atom. The third-order valence-electron chi connectivity index (χ3n) is 2.79. The lowest BCUT2D eigenvalue weighted by atomic mass is 10.0. The molecule has 0 aliphatic rings. The molecule has 1 aromatic rings. The molecule has 0 unspecified atom stereocenters. The zero-order valence-corrected chi connectivity index (χ0v) is 11.2. The summed E-state index contributed by atoms with van der Waals surface area (Å²) in [6.07, 6.45) is 0. The number of anilines is 1. The average molecular weight is 256 g/mol. The van der Waals surface area contributed by atoms with Gasteiger partial charge in [0.2, 0.25) is 0 Å². The van der Waals surface area contributed by atoms with E-state index >= 15 is 0 Å². The van der Waals surface area contributed by atoms with Crippen LogP contribution in [0.2, 0.25) is 0 Å². The van der Waals surface area contributed by atoms with E-state index in [2.05, 4.69) is 11.8 Å². The molecule has 17 heavy (non-hydrogen) atoms. The van der Waals surface area contributed by atoms with E-state index in [0.29, 0.717) is 11.4 Å². The number of carbonyl (C=O) groups is 1. The highest BCUT2D eigenvalue weighted by molar-refractivity contribution is 6.18. The fourth-order valence-electron chi connectivity index (χ4n) is 2.11. The molecule has 1 N–H and O–H groups in total. The van der Waals surface area contributed by atoms with Crippen molar-refractivity contribution in [3.8, 4) is 0 Å². The van der Waals surface area contributed by atoms with Crippen LogP contribution in [0, 0.1) is 13.8 Å². The summed E-state index contributed by atoms with van der Waals surface area (Å²) in [5.41, 5.74) is 3.40. The molecule has 1 rings (SSSR count). The van der Waals surface area contributed by atoms with Crippen LogP contribution in [0.3, 0.4) is 0 Å². The van der Waals surface area contributed by atoms with Gasteiger partial charge in [0.05, 0.1) is 5.56 Å². The monoisotopic (exact) mass is 255 g/mol. The summed E-state index contributed by atoms with van der Waals surface area (Å²) in [6, 6.07) is 3.42. The molecule has 0 fully saturated rings. The van der Waals surface area contributed by atoms with Crippen molar-refractivity contribution < 1.29 is 9.90 Å². The maximum atomic E-state index is 10.9. The van der Waals surface area contributed by atoms with Gasteiger partial charge in [-0.05, 0) is 44.0 Å². The molecule has 1 aromatic carbocycles. The van der Waals surface area contributed by atoms with E-state index in [9.17, 15) is 4.79 Å². The molecule has 0 amide bonds. The summed E-state index contributed by atoms with van der Waals surface area (Å²) in [6.45, 7) is 7.57. The number of nitrogens with zero attached hydrogens (tertiary/aromatic N) is 1. The summed E-state index contributed by atoms with van der Waals surface area (Å²) in [4.78, 5) is 13.1. The minimum atomic E-state index is -0.886. The first-order valence-corrected chi connectivity index (χ1v) is 6.20. The summed E-state index contributed by atoms with van der Waals surface area (Å²) in [5, 5.41) is 8.99. The van der Waals surface area contributed by atoms with Gasteiger partial charge in [0.1, 0.15) is 0 Å². The van der Waals surface area contributed by atoms with Crippen molar-refractivity contribution in [1.82, 2.24) is 0 Å². The third-order valence-corrected chi connectivity index (χ3v) is 2.96. The van der Waals surface area contributed by atoms with Crippen LogP contribution in [-0.4, -0.2) is 30.0 Å². The second-order valence-electron chi connectivity index (χ2n) is 4.03. The van der Waals surface area contributed by atoms with Gasteiger partial charge in [-0.2, -0.15) is 0 Å². The molecule has 0 aromatic heterocycles. The molecule has 94 valence electrons. The van der Waals surface area contributed by atoms with E-state index in [1.165, 1.54) is 0 Å². The molecule has 0 aliphatic carbocycles. The van der Waals surface area contributed by atoms with E-state index in [1.807, 2.05) is 13.8 Å². The number of aromatic carboxylic acids is 1. The standard InChI is InChI=1S/C13H18ClNO2/c1-4-15(6-5-14)12-9(2)7-11(13(16)17)8-10(12)3/h7-8H,4-6H2,1-3H3,(H,16,17). The smallest absolute Gasteiger partial charge is 0.335 e. The number of alkyl halides is 1. The zero-order chi connectivity index (χ0) is 13.0. The van der Waals surface area contributed by atoms with E-state index in [0.717, 1.165) is 29.9 Å². The number of hydrogen-bond acceptors (Lipinski definition) is 2. The number of benzene rings is 1. The number of rotatable bonds is 5. The summed E-state index contributed by atoms with van der Waals surface area (Å²) < 4.78 is 0. The van der Waals surface area contributed by atoms with Crippen molar-refractivity contribution in [2.75, 3.05) is 23.9 Å². The molecular formula is C13H18ClNO2. The second-order valence-corrected chi connectivity index (χ2v) is 4.41. The van der Waals surface area contributed by atoms with Crippen LogP contribution < -0.4 is 4.90 Å². The highest BCUT2D eigenvalue weighted by atomic mass is 35.5. The fraction of sp³-hybridized carbons (Fsp3) is 0.462. The highest BCUT2D eigenvalue weighted by Gasteiger charge is 2.13. The minimum absolute atomic E-state index is 0.339. The van der Waals surface area contributed by atoms with Crippen LogP contribution in [0.1, 0.15) is 28.4 Å². The molecule has 0 spiro atoms. The number of halogens is 1. The van der Waals surface area contributed by atoms with Crippen LogP contribution in [-0.2, 0) is 0 Å². The van der Waals surface area contributed by atoms with Gasteiger partial charge >= 0.3 is 5.97 Å². The lowest BCUT2D eigenvalue weighted by Crippen LogP contribution is -2.26. The van der Waals surface area contributed by atoms with Gasteiger partial charge in [-0.25, -0.2) is 4.79 Å². The van der Waals surface area contributed by atoms with E-state index in [-0.39, 0.29) is 0 Å². The Hall–Kier alpha value is -1.22. The second kappa shape index (κ2) is 5.92. The predicted octanol–water partition coefficient (Wildman–Crippen LogP) is 3.07. The molecule has 3 nitrogen and oxygen atoms in total. The van der Waals surface area contributed by atoms with Crippen molar-refractivity contribution in [2.24, 2.45) is 0 Å². The van der Waals surface area contributed by atoms with Crippen LogP contribution in [0.15, 0.2) is 12.1 Å². The maximum Gasteiger partial charge on any atom is 0.335 e. The summed E-state index contributed by atoms with van der Waals surface area (Å²) in [5.74, 6) is -0.323. The van der Waals surface area contributed by atoms with Crippen LogP contribution in [0.25, 0.3) is 0 Å². The van der Waals surface area contributed by atoms with E-state index in [4.69, 9.17) is 16.7 Å². The molecule has 0 aliphatic heterocycles. The number of aryl methyl sites for hydroxylation is 2. The normalized spacial score (nSPS) is 10.4. The maximum absolute atomic E-state index is 10.9. The molecule has 0 saturated carbocycles. The van der Waals surface area contributed by atoms with Crippen LogP contribution >= 0.6 is 11.6 Å². The van der Waals surface area contributed by atoms with Crippen molar-refractivity contribution in [3.63, 3.8) is 0 Å². The topological polar surface area (TPSA) is 40.5 Å². The van der Waals surface area contributed by atoms with Crippen LogP contribution in [0.5, 0.6) is 0 Å². The Morgan fingerprint density at radius 2 is 1.88 bits per heavy atom. The van der Waals surface area contributed by atoms with Crippen LogP contribution in [0.4, 0.5) is 5.69 Å². The highest BCUT2D eigenvalue weighted by Crippen LogP contribution is 2.26. The Labute approximate surface area is 107 Å². The minimum Gasteiger partial charge on any atom is -0.478 e. The van der Waals surface area contributed by atoms with Gasteiger partial charge < -0.3 is 10.0 Å². The van der Waals surface area contributed by atoms with Crippen molar-refractivity contribution in [3.05, 3.63) is 28.8 Å². The predicted molar refractivity (Wildman–Crippen MR) is 71.5 cm³/mol. The SMILES string of the molecule is CCN(CCCl)c1c(C)cc(C(=O)O)cc1C. The van der Waals surface area contributed by atoms with Crippen molar-refractivity contribution in [2.45, 2.75) is 20.8 Å². The first-order valence-electron chi connectivity index (χ1n) is 5.66. The molecule has 0 saturated heterocycles. The lowest BCUT2D eigenvalue weighted by Gasteiger charge is -2.26. The Morgan fingerprint density at radius 3 is 2.24 bits per heavy atom. The van der Waals surface area contributed by atoms with Gasteiger partial charge in [-0.15, -0.1) is 11.6 Å². The van der Waals surface area contributed by atoms with E-state index in [1.54, 1.807) is 12.1 Å².